The van der Waals surface area contributed by atoms with E-state index in [0.29, 0.717) is 11.1 Å². The van der Waals surface area contributed by atoms with Crippen molar-refractivity contribution in [3.8, 4) is 0 Å². The Morgan fingerprint density at radius 3 is 2.48 bits per heavy atom. The number of amidine groups is 1. The van der Waals surface area contributed by atoms with Crippen LogP contribution in [0.2, 0.25) is 0 Å². The molecule has 1 aromatic rings. The third kappa shape index (κ3) is 3.98. The van der Waals surface area contributed by atoms with Crippen molar-refractivity contribution in [2.24, 2.45) is 22.7 Å². The van der Waals surface area contributed by atoms with Gasteiger partial charge in [-0.3, -0.25) is 5.01 Å². The number of rotatable bonds is 3. The Morgan fingerprint density at radius 1 is 1.22 bits per heavy atom. The number of anilines is 1. The maximum atomic E-state index is 6.12. The van der Waals surface area contributed by atoms with Crippen molar-refractivity contribution in [1.29, 1.82) is 0 Å². The minimum absolute atomic E-state index is 0.296. The van der Waals surface area contributed by atoms with Gasteiger partial charge in [-0.1, -0.05) is 30.0 Å². The zero-order valence-electron chi connectivity index (χ0n) is 13.2. The molecule has 0 bridgehead atoms. The van der Waals surface area contributed by atoms with Gasteiger partial charge in [0.25, 0.3) is 0 Å². The van der Waals surface area contributed by atoms with E-state index in [1.165, 1.54) is 5.01 Å². The first-order chi connectivity index (χ1) is 11.2. The first-order valence-corrected chi connectivity index (χ1v) is 8.99. The van der Waals surface area contributed by atoms with Gasteiger partial charge < -0.3 is 15.3 Å². The van der Waals surface area contributed by atoms with Crippen molar-refractivity contribution in [1.82, 2.24) is 0 Å². The molecular weight excluding hydrogens is 312 g/mol. The van der Waals surface area contributed by atoms with Crippen LogP contribution in [-0.2, 0) is 9.47 Å². The predicted octanol–water partition coefficient (Wildman–Crippen LogP) is 2.26. The number of hydrogen-bond acceptors (Lipinski definition) is 6. The van der Waals surface area contributed by atoms with E-state index in [1.807, 2.05) is 30.3 Å². The van der Waals surface area contributed by atoms with Crippen LogP contribution in [-0.4, -0.2) is 29.9 Å². The average molecular weight is 336 g/mol. The lowest BCUT2D eigenvalue weighted by atomic mass is 9.86. The van der Waals surface area contributed by atoms with Crippen molar-refractivity contribution < 1.29 is 9.47 Å². The van der Waals surface area contributed by atoms with Crippen LogP contribution in [0.1, 0.15) is 25.7 Å². The lowest BCUT2D eigenvalue weighted by molar-refractivity contribution is -0.181. The summed E-state index contributed by atoms with van der Waals surface area (Å²) in [6.07, 6.45) is 4.14. The van der Waals surface area contributed by atoms with Gasteiger partial charge in [0.15, 0.2) is 5.79 Å². The van der Waals surface area contributed by atoms with Gasteiger partial charge in [0.05, 0.1) is 18.9 Å². The number of benzene rings is 1. The quantitative estimate of drug-likeness (QED) is 0.381. The van der Waals surface area contributed by atoms with Crippen molar-refractivity contribution >= 4 is 22.6 Å². The first-order valence-electron chi connectivity index (χ1n) is 8.01. The maximum Gasteiger partial charge on any atom is 0.201 e. The zero-order valence-corrected chi connectivity index (χ0v) is 14.0. The highest BCUT2D eigenvalue weighted by Crippen LogP contribution is 2.39. The molecule has 0 radical (unpaired) electrons. The fraction of sp³-hybridized carbons (Fsp3) is 0.562. The van der Waals surface area contributed by atoms with E-state index in [-0.39, 0.29) is 5.79 Å². The molecule has 7 heteroatoms. The molecule has 2 fully saturated rings. The number of nitrogens with zero attached hydrogens (tertiary/aromatic N) is 2. The summed E-state index contributed by atoms with van der Waals surface area (Å²) in [7, 11) is 0. The number of nitrogens with two attached hydrogens (primary N) is 2. The number of hydrazone groups is 1. The van der Waals surface area contributed by atoms with E-state index in [4.69, 9.17) is 21.2 Å². The van der Waals surface area contributed by atoms with E-state index in [0.717, 1.165) is 50.3 Å². The SMILES string of the molecule is N/N=C(/SCC1CCC2(CC1)OCCO2)N(N)c1ccccc1. The largest absolute Gasteiger partial charge is 0.348 e. The molecule has 2 aliphatic rings. The van der Waals surface area contributed by atoms with Crippen molar-refractivity contribution in [3.63, 3.8) is 0 Å². The van der Waals surface area contributed by atoms with Gasteiger partial charge in [0.2, 0.25) is 5.17 Å². The molecular formula is C16H24N4O2S. The highest BCUT2D eigenvalue weighted by molar-refractivity contribution is 8.14. The summed E-state index contributed by atoms with van der Waals surface area (Å²) in [5, 5.41) is 6.02. The van der Waals surface area contributed by atoms with E-state index in [1.54, 1.807) is 11.8 Å². The van der Waals surface area contributed by atoms with Crippen LogP contribution in [0.5, 0.6) is 0 Å². The van der Waals surface area contributed by atoms with Gasteiger partial charge in [-0.15, -0.1) is 0 Å². The standard InChI is InChI=1S/C16H24N4O2S/c17-19-15(20(18)14-4-2-1-3-5-14)23-12-13-6-8-16(9-7-13)21-10-11-22-16/h1-5,13H,6-12,17-18H2/b19-15+. The number of hydrogen-bond donors (Lipinski definition) is 2. The maximum absolute atomic E-state index is 6.12. The van der Waals surface area contributed by atoms with Gasteiger partial charge in [-0.25, -0.2) is 5.84 Å². The van der Waals surface area contributed by atoms with Crippen LogP contribution in [0.3, 0.4) is 0 Å². The third-order valence-electron chi connectivity index (χ3n) is 4.48. The van der Waals surface area contributed by atoms with Crippen LogP contribution in [0.25, 0.3) is 0 Å². The van der Waals surface area contributed by atoms with Crippen LogP contribution in [0.4, 0.5) is 5.69 Å². The number of ether oxygens (including phenoxy) is 2. The summed E-state index contributed by atoms with van der Waals surface area (Å²) < 4.78 is 11.5. The topological polar surface area (TPSA) is 86.1 Å². The normalized spacial score (nSPS) is 21.7. The highest BCUT2D eigenvalue weighted by atomic mass is 32.2. The molecule has 4 N–H and O–H groups in total. The van der Waals surface area contributed by atoms with E-state index < -0.39 is 0 Å². The summed E-state index contributed by atoms with van der Waals surface area (Å²) in [5.41, 5.74) is 0.875. The van der Waals surface area contributed by atoms with E-state index in [9.17, 15) is 0 Å². The molecule has 0 unspecified atom stereocenters. The summed E-state index contributed by atoms with van der Waals surface area (Å²) in [6.45, 7) is 1.45. The van der Waals surface area contributed by atoms with Gasteiger partial charge >= 0.3 is 0 Å². The Morgan fingerprint density at radius 2 is 1.87 bits per heavy atom. The Hall–Kier alpha value is -1.28. The molecule has 1 aliphatic heterocycles. The van der Waals surface area contributed by atoms with Gasteiger partial charge in [-0.05, 0) is 30.9 Å². The average Bonchev–Trinajstić information content (AvgIpc) is 3.06. The van der Waals surface area contributed by atoms with Crippen LogP contribution >= 0.6 is 11.8 Å². The zero-order chi connectivity index (χ0) is 16.1. The summed E-state index contributed by atoms with van der Waals surface area (Å²) in [6, 6.07) is 9.71. The molecule has 1 saturated heterocycles. The molecule has 1 heterocycles. The monoisotopic (exact) mass is 336 g/mol. The molecule has 3 rings (SSSR count). The van der Waals surface area contributed by atoms with Crippen molar-refractivity contribution in [3.05, 3.63) is 30.3 Å². The Balaban J connectivity index is 1.49. The predicted molar refractivity (Wildman–Crippen MR) is 93.8 cm³/mol. The molecule has 0 aromatic heterocycles. The third-order valence-corrected chi connectivity index (χ3v) is 5.68. The smallest absolute Gasteiger partial charge is 0.201 e. The summed E-state index contributed by atoms with van der Waals surface area (Å²) >= 11 is 1.61. The van der Waals surface area contributed by atoms with Crippen molar-refractivity contribution in [2.45, 2.75) is 31.5 Å². The Kier molecular flexibility index (Phi) is 5.42. The molecule has 1 spiro atoms. The second-order valence-corrected chi connectivity index (χ2v) is 6.97. The van der Waals surface area contributed by atoms with Gasteiger partial charge in [0, 0.05) is 18.6 Å². The van der Waals surface area contributed by atoms with Gasteiger partial charge in [0.1, 0.15) is 0 Å². The van der Waals surface area contributed by atoms with Crippen LogP contribution in [0.15, 0.2) is 35.4 Å². The Labute approximate surface area is 141 Å². The van der Waals surface area contributed by atoms with Gasteiger partial charge in [-0.2, -0.15) is 5.10 Å². The molecule has 0 amide bonds. The second-order valence-electron chi connectivity index (χ2n) is 5.98. The Bertz CT molecular complexity index is 524. The lowest BCUT2D eigenvalue weighted by Crippen LogP contribution is -2.38. The minimum atomic E-state index is -0.296. The highest BCUT2D eigenvalue weighted by Gasteiger charge is 2.40. The minimum Gasteiger partial charge on any atom is -0.348 e. The summed E-state index contributed by atoms with van der Waals surface area (Å²) in [5.74, 6) is 12.9. The molecule has 1 aliphatic carbocycles. The van der Waals surface area contributed by atoms with Crippen LogP contribution < -0.4 is 16.7 Å². The van der Waals surface area contributed by atoms with Crippen LogP contribution in [0, 0.1) is 5.92 Å². The molecule has 0 atom stereocenters. The van der Waals surface area contributed by atoms with E-state index in [2.05, 4.69) is 5.10 Å². The molecule has 126 valence electrons. The second kappa shape index (κ2) is 7.53. The van der Waals surface area contributed by atoms with E-state index >= 15 is 0 Å². The summed E-state index contributed by atoms with van der Waals surface area (Å²) in [4.78, 5) is 0. The number of para-hydroxylation sites is 1. The molecule has 1 saturated carbocycles. The molecule has 1 aromatic carbocycles. The first kappa shape index (κ1) is 16.6. The fourth-order valence-electron chi connectivity index (χ4n) is 3.13. The number of hydrazine groups is 1. The molecule has 23 heavy (non-hydrogen) atoms. The lowest BCUT2D eigenvalue weighted by Gasteiger charge is -2.35. The molecule has 6 nitrogen and oxygen atoms in total. The van der Waals surface area contributed by atoms with Crippen molar-refractivity contribution in [2.75, 3.05) is 24.0 Å². The number of thioether (sulfide) groups is 1. The fourth-order valence-corrected chi connectivity index (χ4v) is 4.17.